The van der Waals surface area contributed by atoms with Crippen molar-refractivity contribution in [3.63, 3.8) is 0 Å². The molecule has 0 N–H and O–H groups in total. The second-order valence-corrected chi connectivity index (χ2v) is 9.23. The lowest BCUT2D eigenvalue weighted by molar-refractivity contribution is 0.177. The third kappa shape index (κ3) is 8.76. The lowest BCUT2D eigenvalue weighted by Gasteiger charge is -2.12. The molecule has 4 nitrogen and oxygen atoms in total. The highest BCUT2D eigenvalue weighted by Gasteiger charge is 2.19. The fourth-order valence-electron chi connectivity index (χ4n) is 3.95. The van der Waals surface area contributed by atoms with E-state index in [1.807, 2.05) is 24.3 Å². The van der Waals surface area contributed by atoms with Crippen LogP contribution in [0.2, 0.25) is 0 Å². The molecular weight excluding hydrogens is 477 g/mol. The Morgan fingerprint density at radius 3 is 2.08 bits per heavy atom. The number of benzene rings is 2. The van der Waals surface area contributed by atoms with Crippen LogP contribution in [0.15, 0.2) is 48.8 Å². The standard InChI is InChI=1S/C30H37F3N2O2/c1-3-5-7-9-11-24(31)21-37-27-17-16-26(28(32)29(27)33)30-34-19-23(20-35-30)22-12-14-25(15-13-22)36-18-10-8-6-4-2/h12-17,19-20,24H,3-11,18,21H2,1-2H3/t24-/m0/s1. The summed E-state index contributed by atoms with van der Waals surface area (Å²) in [7, 11) is 0. The minimum Gasteiger partial charge on any atom is -0.494 e. The summed E-state index contributed by atoms with van der Waals surface area (Å²) in [5, 5.41) is 0. The topological polar surface area (TPSA) is 44.2 Å². The van der Waals surface area contributed by atoms with E-state index in [2.05, 4.69) is 23.8 Å². The molecule has 200 valence electrons. The molecule has 0 fully saturated rings. The van der Waals surface area contributed by atoms with Gasteiger partial charge in [-0.15, -0.1) is 0 Å². The molecule has 0 unspecified atom stereocenters. The van der Waals surface area contributed by atoms with E-state index in [1.54, 1.807) is 12.4 Å². The van der Waals surface area contributed by atoms with Gasteiger partial charge in [0.05, 0.1) is 12.2 Å². The molecule has 0 bridgehead atoms. The summed E-state index contributed by atoms with van der Waals surface area (Å²) in [5.74, 6) is -1.76. The van der Waals surface area contributed by atoms with Crippen molar-refractivity contribution in [1.29, 1.82) is 0 Å². The van der Waals surface area contributed by atoms with Crippen LogP contribution in [-0.2, 0) is 0 Å². The molecule has 0 radical (unpaired) electrons. The highest BCUT2D eigenvalue weighted by molar-refractivity contribution is 5.65. The van der Waals surface area contributed by atoms with Crippen LogP contribution in [0.4, 0.5) is 13.2 Å². The van der Waals surface area contributed by atoms with Gasteiger partial charge in [-0.25, -0.2) is 18.7 Å². The number of unbranched alkanes of at least 4 members (excludes halogenated alkanes) is 6. The SMILES string of the molecule is CCCCCCOc1ccc(-c2cnc(-c3ccc(OC[C@@H](F)CCCCCC)c(F)c3F)nc2)cc1. The minimum absolute atomic E-state index is 0.0537. The number of alkyl halides is 1. The molecule has 0 aliphatic carbocycles. The van der Waals surface area contributed by atoms with Crippen LogP contribution in [0.1, 0.15) is 71.6 Å². The third-order valence-corrected chi connectivity index (χ3v) is 6.18. The molecule has 37 heavy (non-hydrogen) atoms. The maximum atomic E-state index is 14.8. The predicted molar refractivity (Wildman–Crippen MR) is 142 cm³/mol. The second kappa shape index (κ2) is 15.2. The summed E-state index contributed by atoms with van der Waals surface area (Å²) in [6.45, 7) is 4.64. The van der Waals surface area contributed by atoms with Gasteiger partial charge in [0.15, 0.2) is 17.4 Å². The predicted octanol–water partition coefficient (Wildman–Crippen LogP) is 8.74. The molecule has 0 aliphatic heterocycles. The number of rotatable bonds is 16. The lowest BCUT2D eigenvalue weighted by Crippen LogP contribution is -2.14. The fourth-order valence-corrected chi connectivity index (χ4v) is 3.95. The monoisotopic (exact) mass is 514 g/mol. The van der Waals surface area contributed by atoms with E-state index < -0.39 is 17.8 Å². The Bertz CT molecular complexity index is 1080. The van der Waals surface area contributed by atoms with Crippen LogP contribution < -0.4 is 9.47 Å². The van der Waals surface area contributed by atoms with Crippen LogP contribution in [0.5, 0.6) is 11.5 Å². The highest BCUT2D eigenvalue weighted by atomic mass is 19.2. The average molecular weight is 515 g/mol. The van der Waals surface area contributed by atoms with E-state index >= 15 is 0 Å². The van der Waals surface area contributed by atoms with E-state index in [0.29, 0.717) is 13.0 Å². The number of nitrogens with zero attached hydrogens (tertiary/aromatic N) is 2. The zero-order valence-corrected chi connectivity index (χ0v) is 21.8. The molecule has 0 saturated carbocycles. The Hall–Kier alpha value is -3.09. The van der Waals surface area contributed by atoms with Gasteiger partial charge >= 0.3 is 0 Å². The van der Waals surface area contributed by atoms with E-state index in [9.17, 15) is 13.2 Å². The molecule has 3 rings (SSSR count). The smallest absolute Gasteiger partial charge is 0.201 e. The molecule has 1 aromatic heterocycles. The summed E-state index contributed by atoms with van der Waals surface area (Å²) in [6, 6.07) is 10.2. The van der Waals surface area contributed by atoms with Gasteiger partial charge in [0, 0.05) is 18.0 Å². The lowest BCUT2D eigenvalue weighted by atomic mass is 10.1. The van der Waals surface area contributed by atoms with Gasteiger partial charge in [-0.1, -0.05) is 70.9 Å². The largest absolute Gasteiger partial charge is 0.494 e. The van der Waals surface area contributed by atoms with Gasteiger partial charge in [-0.3, -0.25) is 0 Å². The highest BCUT2D eigenvalue weighted by Crippen LogP contribution is 2.29. The Balaban J connectivity index is 1.58. The molecule has 0 spiro atoms. The van der Waals surface area contributed by atoms with Crippen molar-refractivity contribution in [2.24, 2.45) is 0 Å². The van der Waals surface area contributed by atoms with E-state index in [4.69, 9.17) is 9.47 Å². The van der Waals surface area contributed by atoms with Crippen molar-refractivity contribution in [2.75, 3.05) is 13.2 Å². The third-order valence-electron chi connectivity index (χ3n) is 6.18. The van der Waals surface area contributed by atoms with Crippen molar-refractivity contribution >= 4 is 0 Å². The van der Waals surface area contributed by atoms with Crippen molar-refractivity contribution in [2.45, 2.75) is 77.8 Å². The average Bonchev–Trinajstić information content (AvgIpc) is 2.92. The Morgan fingerprint density at radius 2 is 1.41 bits per heavy atom. The summed E-state index contributed by atoms with van der Waals surface area (Å²) in [6.07, 6.45) is 10.7. The fraction of sp³-hybridized carbons (Fsp3) is 0.467. The van der Waals surface area contributed by atoms with Crippen LogP contribution in [0, 0.1) is 11.6 Å². The van der Waals surface area contributed by atoms with Crippen LogP contribution in [0.3, 0.4) is 0 Å². The summed E-state index contributed by atoms with van der Waals surface area (Å²) in [4.78, 5) is 8.46. The zero-order chi connectivity index (χ0) is 26.5. The zero-order valence-electron chi connectivity index (χ0n) is 21.8. The Morgan fingerprint density at radius 1 is 0.730 bits per heavy atom. The van der Waals surface area contributed by atoms with E-state index in [0.717, 1.165) is 55.4 Å². The minimum atomic E-state index is -1.22. The first kappa shape index (κ1) is 28.5. The number of halogens is 3. The van der Waals surface area contributed by atoms with E-state index in [-0.39, 0.29) is 23.7 Å². The van der Waals surface area contributed by atoms with Gasteiger partial charge in [-0.05, 0) is 42.7 Å². The van der Waals surface area contributed by atoms with Gasteiger partial charge < -0.3 is 9.47 Å². The quantitative estimate of drug-likeness (QED) is 0.179. The van der Waals surface area contributed by atoms with Crippen molar-refractivity contribution in [3.8, 4) is 34.0 Å². The van der Waals surface area contributed by atoms with Crippen LogP contribution in [0.25, 0.3) is 22.5 Å². The van der Waals surface area contributed by atoms with Crippen molar-refractivity contribution in [3.05, 3.63) is 60.4 Å². The summed E-state index contributed by atoms with van der Waals surface area (Å²) < 4.78 is 54.4. The first-order chi connectivity index (χ1) is 18.0. The molecule has 7 heteroatoms. The Kier molecular flexibility index (Phi) is 11.7. The van der Waals surface area contributed by atoms with Gasteiger partial charge in [-0.2, -0.15) is 4.39 Å². The maximum Gasteiger partial charge on any atom is 0.201 e. The summed E-state index contributed by atoms with van der Waals surface area (Å²) in [5.41, 5.74) is 1.54. The molecular formula is C30H37F3N2O2. The van der Waals surface area contributed by atoms with Gasteiger partial charge in [0.2, 0.25) is 5.82 Å². The molecule has 1 heterocycles. The van der Waals surface area contributed by atoms with Crippen molar-refractivity contribution < 1.29 is 22.6 Å². The van der Waals surface area contributed by atoms with Gasteiger partial charge in [0.25, 0.3) is 0 Å². The second-order valence-electron chi connectivity index (χ2n) is 9.23. The molecule has 2 aromatic carbocycles. The Labute approximate surface area is 218 Å². The normalized spacial score (nSPS) is 11.9. The van der Waals surface area contributed by atoms with Crippen LogP contribution >= 0.6 is 0 Å². The number of aromatic nitrogens is 2. The van der Waals surface area contributed by atoms with Crippen molar-refractivity contribution in [1.82, 2.24) is 9.97 Å². The first-order valence-corrected chi connectivity index (χ1v) is 13.3. The summed E-state index contributed by atoms with van der Waals surface area (Å²) >= 11 is 0. The molecule has 0 aliphatic rings. The molecule has 0 amide bonds. The van der Waals surface area contributed by atoms with Crippen LogP contribution in [-0.4, -0.2) is 29.4 Å². The number of hydrogen-bond donors (Lipinski definition) is 0. The van der Waals surface area contributed by atoms with E-state index in [1.165, 1.54) is 25.0 Å². The first-order valence-electron chi connectivity index (χ1n) is 13.3. The molecule has 0 saturated heterocycles. The molecule has 3 aromatic rings. The number of ether oxygens (including phenoxy) is 2. The molecule has 1 atom stereocenters. The number of hydrogen-bond acceptors (Lipinski definition) is 4. The maximum absolute atomic E-state index is 14.8. The van der Waals surface area contributed by atoms with Gasteiger partial charge in [0.1, 0.15) is 18.5 Å².